The lowest BCUT2D eigenvalue weighted by Crippen LogP contribution is -2.32. The minimum atomic E-state index is -0.415. The van der Waals surface area contributed by atoms with Crippen molar-refractivity contribution in [2.45, 2.75) is 6.10 Å². The molecule has 1 unspecified atom stereocenters. The smallest absolute Gasteiger partial charge is 0.265 e. The van der Waals surface area contributed by atoms with Crippen LogP contribution in [0.3, 0.4) is 0 Å². The number of β-amino-alcohol motifs (C(OH)–C–C–N with tert-alkyl or cyclic N) is 1. The lowest BCUT2D eigenvalue weighted by molar-refractivity contribution is 0.0623. The molecule has 3 rings (SSSR count). The fourth-order valence-electron chi connectivity index (χ4n) is 2.07. The molecule has 1 saturated heterocycles. The molecular weight excluding hydrogens is 250 g/mol. The number of carbonyl (C=O) groups excluding carboxylic acids is 2. The molecule has 6 heteroatoms. The minimum Gasteiger partial charge on any atom is -0.490 e. The average Bonchev–Trinajstić information content (AvgIpc) is 3.21. The molecule has 100 valence electrons. The van der Waals surface area contributed by atoms with Crippen LogP contribution in [0.4, 0.5) is 0 Å². The maximum atomic E-state index is 12.2. The van der Waals surface area contributed by atoms with Gasteiger partial charge in [0.05, 0.1) is 30.9 Å². The van der Waals surface area contributed by atoms with Crippen molar-refractivity contribution in [3.63, 3.8) is 0 Å². The monoisotopic (exact) mass is 263 g/mol. The number of ether oxygens (including phenoxy) is 2. The van der Waals surface area contributed by atoms with Crippen LogP contribution < -0.4 is 4.74 Å². The highest BCUT2D eigenvalue weighted by Gasteiger charge is 2.38. The number of rotatable bonds is 5. The molecule has 2 amide bonds. The topological polar surface area (TPSA) is 79.4 Å². The number of hydrogen-bond donors (Lipinski definition) is 1. The third-order valence-corrected chi connectivity index (χ3v) is 3.11. The maximum Gasteiger partial charge on any atom is 0.265 e. The highest BCUT2D eigenvalue weighted by molar-refractivity contribution is 6.22. The van der Waals surface area contributed by atoms with Gasteiger partial charge < -0.3 is 14.6 Å². The Labute approximate surface area is 109 Å². The van der Waals surface area contributed by atoms with Gasteiger partial charge >= 0.3 is 0 Å². The summed E-state index contributed by atoms with van der Waals surface area (Å²) in [6, 6.07) is 4.93. The third-order valence-electron chi connectivity index (χ3n) is 3.11. The second kappa shape index (κ2) is 4.64. The minimum absolute atomic E-state index is 0.00246. The third kappa shape index (κ3) is 2.09. The van der Waals surface area contributed by atoms with Crippen molar-refractivity contribution < 1.29 is 24.2 Å². The predicted molar refractivity (Wildman–Crippen MR) is 64.1 cm³/mol. The molecule has 19 heavy (non-hydrogen) atoms. The first-order valence-electron chi connectivity index (χ1n) is 6.07. The summed E-state index contributed by atoms with van der Waals surface area (Å²) in [5.41, 5.74) is 0.606. The second-order valence-corrected chi connectivity index (χ2v) is 4.43. The van der Waals surface area contributed by atoms with Crippen molar-refractivity contribution >= 4 is 11.8 Å². The summed E-state index contributed by atoms with van der Waals surface area (Å²) in [7, 11) is 0. The van der Waals surface area contributed by atoms with Gasteiger partial charge in [0.1, 0.15) is 18.5 Å². The molecule has 0 saturated carbocycles. The van der Waals surface area contributed by atoms with Crippen LogP contribution in [-0.4, -0.2) is 54.3 Å². The van der Waals surface area contributed by atoms with Crippen LogP contribution in [0, 0.1) is 0 Å². The van der Waals surface area contributed by atoms with E-state index in [9.17, 15) is 9.59 Å². The highest BCUT2D eigenvalue weighted by atomic mass is 16.6. The van der Waals surface area contributed by atoms with E-state index in [0.717, 1.165) is 4.90 Å². The van der Waals surface area contributed by atoms with Crippen LogP contribution in [0.15, 0.2) is 18.2 Å². The molecule has 1 N–H and O–H groups in total. The molecule has 2 aliphatic rings. The van der Waals surface area contributed by atoms with Crippen LogP contribution >= 0.6 is 0 Å². The number of amides is 2. The molecule has 0 aromatic heterocycles. The van der Waals surface area contributed by atoms with Gasteiger partial charge in [-0.2, -0.15) is 0 Å². The predicted octanol–water partition coefficient (Wildman–Crippen LogP) is 0.0525. The molecule has 0 bridgehead atoms. The Morgan fingerprint density at radius 1 is 1.37 bits per heavy atom. The Hall–Kier alpha value is -1.92. The number of benzene rings is 1. The molecule has 1 atom stereocenters. The van der Waals surface area contributed by atoms with Crippen LogP contribution in [0.25, 0.3) is 0 Å². The quantitative estimate of drug-likeness (QED) is 0.600. The first-order valence-corrected chi connectivity index (χ1v) is 6.07. The molecule has 6 nitrogen and oxygen atoms in total. The van der Waals surface area contributed by atoms with Gasteiger partial charge in [-0.1, -0.05) is 6.07 Å². The standard InChI is InChI=1S/C13H13NO5/c15-5-4-14-12(16)9-2-1-3-10(11(9)13(14)17)19-7-8-6-18-8/h1-3,8,15H,4-7H2. The van der Waals surface area contributed by atoms with E-state index in [4.69, 9.17) is 14.6 Å². The van der Waals surface area contributed by atoms with Crippen molar-refractivity contribution in [2.24, 2.45) is 0 Å². The summed E-state index contributed by atoms with van der Waals surface area (Å²) in [6.45, 7) is 0.783. The lowest BCUT2D eigenvalue weighted by Gasteiger charge is -2.11. The van der Waals surface area contributed by atoms with Crippen LogP contribution in [0.2, 0.25) is 0 Å². The molecule has 2 heterocycles. The summed E-state index contributed by atoms with van der Waals surface area (Å²) in [4.78, 5) is 25.2. The molecule has 1 aromatic rings. The maximum absolute atomic E-state index is 12.2. The van der Waals surface area contributed by atoms with Crippen LogP contribution in [0.1, 0.15) is 20.7 Å². The molecule has 2 aliphatic heterocycles. The van der Waals surface area contributed by atoms with E-state index in [1.54, 1.807) is 18.2 Å². The number of epoxide rings is 1. The molecular formula is C13H13NO5. The number of carbonyl (C=O) groups is 2. The van der Waals surface area contributed by atoms with Crippen LogP contribution in [0.5, 0.6) is 5.75 Å². The van der Waals surface area contributed by atoms with Gasteiger partial charge in [-0.05, 0) is 12.1 Å². The number of imide groups is 1. The van der Waals surface area contributed by atoms with E-state index < -0.39 is 5.91 Å². The largest absolute Gasteiger partial charge is 0.490 e. The van der Waals surface area contributed by atoms with E-state index in [1.807, 2.05) is 0 Å². The fraction of sp³-hybridized carbons (Fsp3) is 0.385. The van der Waals surface area contributed by atoms with E-state index in [2.05, 4.69) is 0 Å². The summed E-state index contributed by atoms with van der Waals surface area (Å²) in [6.07, 6.45) is 0.0802. The number of aliphatic hydroxyl groups is 1. The average molecular weight is 263 g/mol. The Morgan fingerprint density at radius 2 is 2.16 bits per heavy atom. The summed E-state index contributed by atoms with van der Waals surface area (Å²) in [5.74, 6) is -0.407. The molecule has 0 radical (unpaired) electrons. The Balaban J connectivity index is 1.90. The van der Waals surface area contributed by atoms with Gasteiger partial charge in [0.2, 0.25) is 0 Å². The second-order valence-electron chi connectivity index (χ2n) is 4.43. The van der Waals surface area contributed by atoms with E-state index in [0.29, 0.717) is 24.5 Å². The highest BCUT2D eigenvalue weighted by Crippen LogP contribution is 2.31. The van der Waals surface area contributed by atoms with Crippen molar-refractivity contribution in [2.75, 3.05) is 26.4 Å². The Morgan fingerprint density at radius 3 is 2.84 bits per heavy atom. The van der Waals surface area contributed by atoms with Gasteiger partial charge in [0.15, 0.2) is 0 Å². The lowest BCUT2D eigenvalue weighted by atomic mass is 10.1. The number of fused-ring (bicyclic) bond motifs is 1. The molecule has 0 aliphatic carbocycles. The van der Waals surface area contributed by atoms with Gasteiger partial charge in [-0.15, -0.1) is 0 Å². The van der Waals surface area contributed by atoms with E-state index in [-0.39, 0.29) is 30.7 Å². The summed E-state index contributed by atoms with van der Waals surface area (Å²) < 4.78 is 10.6. The van der Waals surface area contributed by atoms with Gasteiger partial charge in [0.25, 0.3) is 11.8 Å². The molecule has 1 fully saturated rings. The Kier molecular flexibility index (Phi) is 2.96. The van der Waals surface area contributed by atoms with E-state index >= 15 is 0 Å². The zero-order valence-corrected chi connectivity index (χ0v) is 10.2. The number of nitrogens with zero attached hydrogens (tertiary/aromatic N) is 1. The van der Waals surface area contributed by atoms with E-state index in [1.165, 1.54) is 0 Å². The van der Waals surface area contributed by atoms with Gasteiger partial charge in [-0.3, -0.25) is 14.5 Å². The number of aliphatic hydroxyl groups excluding tert-OH is 1. The van der Waals surface area contributed by atoms with Crippen molar-refractivity contribution in [3.05, 3.63) is 29.3 Å². The first kappa shape index (κ1) is 12.1. The Bertz CT molecular complexity index is 538. The van der Waals surface area contributed by atoms with Gasteiger partial charge in [-0.25, -0.2) is 0 Å². The van der Waals surface area contributed by atoms with Crippen LogP contribution in [-0.2, 0) is 4.74 Å². The fourth-order valence-corrected chi connectivity index (χ4v) is 2.07. The SMILES string of the molecule is O=C1c2cccc(OCC3CO3)c2C(=O)N1CCO. The zero-order chi connectivity index (χ0) is 13.4. The summed E-state index contributed by atoms with van der Waals surface area (Å²) >= 11 is 0. The normalized spacial score (nSPS) is 20.7. The first-order chi connectivity index (χ1) is 9.22. The summed E-state index contributed by atoms with van der Waals surface area (Å²) in [5, 5.41) is 8.90. The van der Waals surface area contributed by atoms with Crippen molar-refractivity contribution in [1.29, 1.82) is 0 Å². The van der Waals surface area contributed by atoms with Gasteiger partial charge in [0, 0.05) is 0 Å². The van der Waals surface area contributed by atoms with Crippen molar-refractivity contribution in [3.8, 4) is 5.75 Å². The molecule has 1 aromatic carbocycles. The zero-order valence-electron chi connectivity index (χ0n) is 10.2. The number of hydrogen-bond acceptors (Lipinski definition) is 5. The van der Waals surface area contributed by atoms with Crippen molar-refractivity contribution in [1.82, 2.24) is 4.90 Å². The molecule has 0 spiro atoms.